The zero-order chi connectivity index (χ0) is 27.5. The van der Waals surface area contributed by atoms with Gasteiger partial charge in [0.05, 0.1) is 5.76 Å². The predicted octanol–water partition coefficient (Wildman–Crippen LogP) is 6.33. The van der Waals surface area contributed by atoms with Crippen molar-refractivity contribution in [2.75, 3.05) is 0 Å². The van der Waals surface area contributed by atoms with E-state index in [1.165, 1.54) is 12.5 Å². The van der Waals surface area contributed by atoms with Crippen LogP contribution in [-0.2, 0) is 0 Å². The van der Waals surface area contributed by atoms with Crippen LogP contribution in [0.4, 0.5) is 13.2 Å². The van der Waals surface area contributed by atoms with E-state index in [0.717, 1.165) is 25.0 Å². The van der Waals surface area contributed by atoms with Crippen molar-refractivity contribution in [1.82, 2.24) is 0 Å². The number of nitrogens with two attached hydrogens (primary N) is 1. The molecule has 196 valence electrons. The number of aliphatic hydroxyl groups is 1. The maximum atomic E-state index is 12.2. The summed E-state index contributed by atoms with van der Waals surface area (Å²) in [6.45, 7) is 23.0. The molecule has 3 N–H and O–H groups in total. The number of rotatable bonds is 8. The van der Waals surface area contributed by atoms with Gasteiger partial charge in [0.2, 0.25) is 0 Å². The summed E-state index contributed by atoms with van der Waals surface area (Å²) >= 11 is 0. The van der Waals surface area contributed by atoms with Crippen LogP contribution in [0.3, 0.4) is 0 Å². The van der Waals surface area contributed by atoms with Crippen molar-refractivity contribution in [3.63, 3.8) is 0 Å². The Morgan fingerprint density at radius 1 is 1.03 bits per heavy atom. The Bertz CT molecular complexity index is 546. The summed E-state index contributed by atoms with van der Waals surface area (Å²) in [5.41, 5.74) is 6.01. The average Bonchev–Trinajstić information content (AvgIpc) is 2.80. The fraction of sp³-hybridized carbons (Fsp3) is 0.571. The van der Waals surface area contributed by atoms with E-state index in [1.807, 2.05) is 40.7 Å². The van der Waals surface area contributed by atoms with Gasteiger partial charge in [-0.05, 0) is 38.8 Å². The molecule has 0 spiro atoms. The molecule has 0 bridgehead atoms. The predicted molar refractivity (Wildman–Crippen MR) is 143 cm³/mol. The van der Waals surface area contributed by atoms with Crippen molar-refractivity contribution in [2.45, 2.75) is 99.7 Å². The van der Waals surface area contributed by atoms with Crippen molar-refractivity contribution in [3.05, 3.63) is 61.1 Å². The molecule has 0 saturated heterocycles. The van der Waals surface area contributed by atoms with Crippen LogP contribution in [0.2, 0.25) is 0 Å². The van der Waals surface area contributed by atoms with Gasteiger partial charge in [-0.15, -0.1) is 12.8 Å². The normalized spacial score (nSPS) is 13.2. The molecule has 0 amide bonds. The van der Waals surface area contributed by atoms with Crippen LogP contribution in [0.5, 0.6) is 0 Å². The SMILES string of the molecule is C#C.CC.CCC/C(O)=C\C=C(/CC)C(F)(F)F.[CH2-]CC(C)N.[CH2-]C[C@@H](C)/C(C)=C/C=C\C.[K+]. The molecule has 0 aromatic rings. The third kappa shape index (κ3) is 38.9. The van der Waals surface area contributed by atoms with E-state index in [4.69, 9.17) is 10.8 Å². The van der Waals surface area contributed by atoms with Crippen molar-refractivity contribution in [2.24, 2.45) is 11.7 Å². The van der Waals surface area contributed by atoms with Crippen molar-refractivity contribution in [1.29, 1.82) is 0 Å². The monoisotopic (exact) mass is 512 g/mol. The van der Waals surface area contributed by atoms with Crippen molar-refractivity contribution < 1.29 is 69.7 Å². The topological polar surface area (TPSA) is 46.2 Å². The van der Waals surface area contributed by atoms with Crippen LogP contribution in [0.1, 0.15) is 87.5 Å². The van der Waals surface area contributed by atoms with Crippen molar-refractivity contribution in [3.8, 4) is 12.8 Å². The molecule has 34 heavy (non-hydrogen) atoms. The summed E-state index contributed by atoms with van der Waals surface area (Å²) < 4.78 is 36.5. The maximum Gasteiger partial charge on any atom is 1.00 e. The van der Waals surface area contributed by atoms with Crippen LogP contribution >= 0.6 is 0 Å². The summed E-state index contributed by atoms with van der Waals surface area (Å²) in [6.07, 6.45) is 14.9. The Hall–Kier alpha value is -0.294. The molecule has 0 aromatic heterocycles. The van der Waals surface area contributed by atoms with Gasteiger partial charge in [-0.3, -0.25) is 0 Å². The van der Waals surface area contributed by atoms with Gasteiger partial charge >= 0.3 is 57.6 Å². The molecule has 0 aliphatic carbocycles. The van der Waals surface area contributed by atoms with Gasteiger partial charge in [-0.25, -0.2) is 0 Å². The zero-order valence-corrected chi connectivity index (χ0v) is 26.4. The van der Waals surface area contributed by atoms with Crippen LogP contribution in [-0.4, -0.2) is 17.3 Å². The zero-order valence-electron chi connectivity index (χ0n) is 23.3. The molecule has 0 fully saturated rings. The molecule has 0 radical (unpaired) electrons. The standard InChI is InChI=1S/C10H15F3O.C10H17.C4H10N.C2H6.C2H2.K/c1-3-5-9(14)7-6-8(4-2)10(11,12)13;1-5-7-8-10(4)9(3)6-2;1-3-4(2)5;2*1-2;/h6-7,14H,3-5H2,1-2H3;5,7-9H,2,6H2,1,3-4H3;4H,1,3,5H2,2H3;1-2H3;1-2H;/q;2*-1;;;+1/b8-6+,9-7+;7-5-,10-8+;;;;/t;9-;;;;/m.1..../s1. The number of hydrogen-bond acceptors (Lipinski definition) is 2. The van der Waals surface area contributed by atoms with E-state index in [-0.39, 0.29) is 69.6 Å². The first kappa shape index (κ1) is 47.0. The number of alkyl halides is 3. The van der Waals surface area contributed by atoms with Gasteiger partial charge in [0.15, 0.2) is 0 Å². The molecule has 1 unspecified atom stereocenters. The Morgan fingerprint density at radius 2 is 1.47 bits per heavy atom. The van der Waals surface area contributed by atoms with E-state index < -0.39 is 11.7 Å². The molecule has 2 nitrogen and oxygen atoms in total. The van der Waals surface area contributed by atoms with E-state index >= 15 is 0 Å². The van der Waals surface area contributed by atoms with Crippen LogP contribution in [0.15, 0.2) is 47.3 Å². The fourth-order valence-corrected chi connectivity index (χ4v) is 1.59. The van der Waals surface area contributed by atoms with Crippen LogP contribution in [0, 0.1) is 32.6 Å². The third-order valence-corrected chi connectivity index (χ3v) is 3.95. The Morgan fingerprint density at radius 3 is 1.74 bits per heavy atom. The molecular weight excluding hydrogens is 462 g/mol. The summed E-state index contributed by atoms with van der Waals surface area (Å²) in [6, 6.07) is 0.273. The smallest absolute Gasteiger partial charge is 0.512 e. The minimum absolute atomic E-state index is 0. The summed E-state index contributed by atoms with van der Waals surface area (Å²) in [7, 11) is 0. The summed E-state index contributed by atoms with van der Waals surface area (Å²) in [4.78, 5) is 0. The maximum absolute atomic E-state index is 12.2. The third-order valence-electron chi connectivity index (χ3n) is 3.95. The quantitative estimate of drug-likeness (QED) is 0.131. The second-order valence-corrected chi connectivity index (χ2v) is 6.84. The second kappa shape index (κ2) is 34.9. The molecule has 0 aliphatic heterocycles. The number of halogens is 3. The number of aliphatic hydroxyl groups excluding tert-OH is 1. The van der Waals surface area contributed by atoms with Crippen LogP contribution in [0.25, 0.3) is 0 Å². The summed E-state index contributed by atoms with van der Waals surface area (Å²) in [5, 5.41) is 9.11. The molecule has 6 heteroatoms. The van der Waals surface area contributed by atoms with Crippen molar-refractivity contribution >= 4 is 0 Å². The first-order chi connectivity index (χ1) is 15.4. The largest absolute Gasteiger partial charge is 1.00 e. The Labute approximate surface area is 252 Å². The molecule has 2 atom stereocenters. The van der Waals surface area contributed by atoms with E-state index in [0.29, 0.717) is 18.8 Å². The Kier molecular flexibility index (Phi) is 48.2. The van der Waals surface area contributed by atoms with Gasteiger partial charge in [0.1, 0.15) is 0 Å². The van der Waals surface area contributed by atoms with E-state index in [1.54, 1.807) is 0 Å². The molecule has 0 heterocycles. The van der Waals surface area contributed by atoms with Crippen LogP contribution < -0.4 is 57.1 Å². The minimum atomic E-state index is -4.29. The average molecular weight is 513 g/mol. The van der Waals surface area contributed by atoms with Gasteiger partial charge in [-0.2, -0.15) is 26.0 Å². The molecular formula is C28H50F3KNO-. The van der Waals surface area contributed by atoms with Gasteiger partial charge in [0, 0.05) is 12.0 Å². The molecule has 0 saturated carbocycles. The minimum Gasteiger partial charge on any atom is -0.512 e. The number of allylic oxidation sites excluding steroid dienone is 8. The fourth-order valence-electron chi connectivity index (χ4n) is 1.59. The van der Waals surface area contributed by atoms with Gasteiger partial charge in [-0.1, -0.05) is 77.3 Å². The second-order valence-electron chi connectivity index (χ2n) is 6.84. The molecule has 0 aliphatic rings. The first-order valence-electron chi connectivity index (χ1n) is 11.5. The van der Waals surface area contributed by atoms with E-state index in [9.17, 15) is 13.2 Å². The number of hydrogen-bond donors (Lipinski definition) is 2. The molecule has 0 aromatic carbocycles. The number of terminal acetylenes is 1. The first-order valence-corrected chi connectivity index (χ1v) is 11.5. The van der Waals surface area contributed by atoms with Gasteiger partial charge < -0.3 is 24.7 Å². The van der Waals surface area contributed by atoms with Gasteiger partial charge in [0.25, 0.3) is 0 Å². The summed E-state index contributed by atoms with van der Waals surface area (Å²) in [5.74, 6) is 0.610. The Balaban J connectivity index is -0.0000000858. The van der Waals surface area contributed by atoms with E-state index in [2.05, 4.69) is 52.7 Å². The molecule has 0 rings (SSSR count).